The molecule has 0 heterocycles. The van der Waals surface area contributed by atoms with E-state index in [-0.39, 0.29) is 11.5 Å². The third-order valence-corrected chi connectivity index (χ3v) is 10.5. The van der Waals surface area contributed by atoms with Gasteiger partial charge in [-0.15, -0.1) is 0 Å². The van der Waals surface area contributed by atoms with E-state index in [1.807, 2.05) is 5.57 Å². The summed E-state index contributed by atoms with van der Waals surface area (Å²) in [4.78, 5) is 0. The molecule has 0 amide bonds. The summed E-state index contributed by atoms with van der Waals surface area (Å²) in [5.74, 6) is 4.06. The van der Waals surface area contributed by atoms with Crippen molar-refractivity contribution in [3.05, 3.63) is 23.3 Å². The molecule has 0 aromatic carbocycles. The molecule has 1 N–H and O–H groups in total. The molecule has 4 rings (SSSR count). The zero-order valence-electron chi connectivity index (χ0n) is 20.9. The maximum absolute atomic E-state index is 10.7. The summed E-state index contributed by atoms with van der Waals surface area (Å²) in [6.45, 7) is 17.0. The summed E-state index contributed by atoms with van der Waals surface area (Å²) in [6.07, 6.45) is 16.7. The highest BCUT2D eigenvalue weighted by Gasteiger charge is 2.59. The molecule has 0 aromatic rings. The minimum Gasteiger partial charge on any atom is -0.392 e. The summed E-state index contributed by atoms with van der Waals surface area (Å²) in [6, 6.07) is 0. The number of fused-ring (bicyclic) bond motifs is 5. The third kappa shape index (κ3) is 3.37. The lowest BCUT2D eigenvalue weighted by Gasteiger charge is -2.61. The van der Waals surface area contributed by atoms with Crippen molar-refractivity contribution in [3.63, 3.8) is 0 Å². The predicted octanol–water partition coefficient (Wildman–Crippen LogP) is 7.94. The van der Waals surface area contributed by atoms with Crippen molar-refractivity contribution in [1.82, 2.24) is 0 Å². The quantitative estimate of drug-likeness (QED) is 0.454. The van der Waals surface area contributed by atoms with Gasteiger partial charge >= 0.3 is 0 Å². The second-order valence-electron chi connectivity index (χ2n) is 13.0. The lowest BCUT2D eigenvalue weighted by atomic mass is 9.44. The Morgan fingerprint density at radius 3 is 2.30 bits per heavy atom. The normalized spacial score (nSPS) is 43.4. The van der Waals surface area contributed by atoms with E-state index in [1.165, 1.54) is 51.4 Å². The number of hydrogen-bond donors (Lipinski definition) is 1. The van der Waals surface area contributed by atoms with Crippen molar-refractivity contribution in [2.75, 3.05) is 0 Å². The largest absolute Gasteiger partial charge is 0.392 e. The van der Waals surface area contributed by atoms with E-state index >= 15 is 0 Å². The van der Waals surface area contributed by atoms with Crippen LogP contribution in [0.2, 0.25) is 0 Å². The van der Waals surface area contributed by atoms with E-state index in [0.29, 0.717) is 10.8 Å². The first-order chi connectivity index (χ1) is 14.0. The first kappa shape index (κ1) is 22.6. The highest BCUT2D eigenvalue weighted by atomic mass is 16.3. The van der Waals surface area contributed by atoms with E-state index in [0.717, 1.165) is 36.0 Å². The van der Waals surface area contributed by atoms with E-state index in [2.05, 4.69) is 60.6 Å². The van der Waals surface area contributed by atoms with Gasteiger partial charge in [0, 0.05) is 5.41 Å². The summed E-state index contributed by atoms with van der Waals surface area (Å²) >= 11 is 0. The van der Waals surface area contributed by atoms with Crippen LogP contribution in [0.25, 0.3) is 0 Å². The van der Waals surface area contributed by atoms with Crippen molar-refractivity contribution in [3.8, 4) is 0 Å². The van der Waals surface area contributed by atoms with Gasteiger partial charge in [0.2, 0.25) is 0 Å². The van der Waals surface area contributed by atoms with Crippen LogP contribution in [0.15, 0.2) is 23.3 Å². The summed E-state index contributed by atoms with van der Waals surface area (Å²) in [7, 11) is 0. The smallest absolute Gasteiger partial charge is 0.0628 e. The topological polar surface area (TPSA) is 20.2 Å². The average Bonchev–Trinajstić information content (AvgIpc) is 3.02. The molecule has 30 heavy (non-hydrogen) atoms. The van der Waals surface area contributed by atoms with E-state index < -0.39 is 0 Å². The van der Waals surface area contributed by atoms with Crippen molar-refractivity contribution < 1.29 is 5.11 Å². The number of rotatable bonds is 5. The molecule has 0 saturated heterocycles. The predicted molar refractivity (Wildman–Crippen MR) is 128 cm³/mol. The lowest BCUT2D eigenvalue weighted by Crippen LogP contribution is -2.54. The Morgan fingerprint density at radius 2 is 1.60 bits per heavy atom. The Balaban J connectivity index is 1.54. The van der Waals surface area contributed by atoms with E-state index in [4.69, 9.17) is 0 Å². The Kier molecular flexibility index (Phi) is 5.87. The standard InChI is InChI=1S/C29H48O/c1-19(2)9-8-10-20(3)22-12-13-23-21-11-14-25-27(4,5)26(30)16-18-29(25,7)24(21)15-17-28(22,23)6/h12,14,19-21,23-24,26,30H,8-11,13,15-18H2,1-7H3/t20-,21+,23+,24+,26?,28-,29-/m1/s1. The molecule has 1 unspecified atom stereocenters. The minimum absolute atomic E-state index is 0.0528. The van der Waals surface area contributed by atoms with Gasteiger partial charge < -0.3 is 5.11 Å². The molecule has 4 aliphatic carbocycles. The van der Waals surface area contributed by atoms with Gasteiger partial charge in [-0.05, 0) is 85.4 Å². The zero-order valence-corrected chi connectivity index (χ0v) is 20.9. The van der Waals surface area contributed by atoms with Gasteiger partial charge in [0.05, 0.1) is 6.10 Å². The van der Waals surface area contributed by atoms with Crippen LogP contribution in [0.1, 0.15) is 106 Å². The van der Waals surface area contributed by atoms with Crippen molar-refractivity contribution >= 4 is 0 Å². The van der Waals surface area contributed by atoms with Crippen molar-refractivity contribution in [2.45, 2.75) is 112 Å². The van der Waals surface area contributed by atoms with Gasteiger partial charge in [0.1, 0.15) is 0 Å². The lowest BCUT2D eigenvalue weighted by molar-refractivity contribution is -0.0626. The monoisotopic (exact) mass is 412 g/mol. The zero-order chi connectivity index (χ0) is 21.9. The fraction of sp³-hybridized carbons (Fsp3) is 0.862. The van der Waals surface area contributed by atoms with Gasteiger partial charge in [-0.1, -0.05) is 84.6 Å². The first-order valence-electron chi connectivity index (χ1n) is 13.1. The summed E-state index contributed by atoms with van der Waals surface area (Å²) in [5, 5.41) is 10.7. The number of aliphatic hydroxyl groups excluding tert-OH is 1. The molecule has 0 aromatic heterocycles. The Bertz CT molecular complexity index is 712. The summed E-state index contributed by atoms with van der Waals surface area (Å²) < 4.78 is 0. The molecule has 170 valence electrons. The number of aliphatic hydroxyl groups is 1. The van der Waals surface area contributed by atoms with Crippen LogP contribution in [0.3, 0.4) is 0 Å². The molecule has 7 atom stereocenters. The minimum atomic E-state index is -0.173. The Hall–Kier alpha value is -0.560. The van der Waals surface area contributed by atoms with Crippen LogP contribution in [-0.4, -0.2) is 11.2 Å². The molecular formula is C29H48O. The van der Waals surface area contributed by atoms with E-state index in [1.54, 1.807) is 5.57 Å². The molecule has 2 saturated carbocycles. The van der Waals surface area contributed by atoms with Gasteiger partial charge in [-0.3, -0.25) is 0 Å². The number of hydrogen-bond acceptors (Lipinski definition) is 1. The first-order valence-corrected chi connectivity index (χ1v) is 13.1. The fourth-order valence-electron chi connectivity index (χ4n) is 8.74. The second kappa shape index (κ2) is 7.79. The molecule has 0 aliphatic heterocycles. The molecule has 0 spiro atoms. The van der Waals surface area contributed by atoms with Crippen LogP contribution in [0, 0.1) is 45.8 Å². The SMILES string of the molecule is CC(C)CCC[C@@H](C)C1=CC[C@H]2[C@@H]3CC=C4C(C)(C)C(O)CC[C@]4(C)[C@H]3CC[C@]12C. The summed E-state index contributed by atoms with van der Waals surface area (Å²) in [5.41, 5.74) is 4.09. The van der Waals surface area contributed by atoms with Crippen LogP contribution in [-0.2, 0) is 0 Å². The molecule has 2 fully saturated rings. The van der Waals surface area contributed by atoms with Crippen molar-refractivity contribution in [1.29, 1.82) is 0 Å². The molecular weight excluding hydrogens is 364 g/mol. The highest BCUT2D eigenvalue weighted by molar-refractivity contribution is 5.34. The van der Waals surface area contributed by atoms with Gasteiger partial charge in [-0.25, -0.2) is 0 Å². The molecule has 4 aliphatic rings. The fourth-order valence-corrected chi connectivity index (χ4v) is 8.74. The van der Waals surface area contributed by atoms with Gasteiger partial charge in [-0.2, -0.15) is 0 Å². The Morgan fingerprint density at radius 1 is 0.900 bits per heavy atom. The van der Waals surface area contributed by atoms with Gasteiger partial charge in [0.25, 0.3) is 0 Å². The molecule has 1 nitrogen and oxygen atoms in total. The molecule has 0 bridgehead atoms. The van der Waals surface area contributed by atoms with E-state index in [9.17, 15) is 5.11 Å². The van der Waals surface area contributed by atoms with Crippen molar-refractivity contribution in [2.24, 2.45) is 45.8 Å². The van der Waals surface area contributed by atoms with Crippen LogP contribution in [0.4, 0.5) is 0 Å². The Labute approximate surface area is 186 Å². The molecule has 0 radical (unpaired) electrons. The number of allylic oxidation sites excluding steroid dienone is 3. The molecule has 1 heteroatoms. The second-order valence-corrected chi connectivity index (χ2v) is 13.0. The van der Waals surface area contributed by atoms with Crippen LogP contribution < -0.4 is 0 Å². The maximum Gasteiger partial charge on any atom is 0.0628 e. The maximum atomic E-state index is 10.7. The third-order valence-electron chi connectivity index (χ3n) is 10.5. The average molecular weight is 413 g/mol. The van der Waals surface area contributed by atoms with Crippen LogP contribution >= 0.6 is 0 Å². The van der Waals surface area contributed by atoms with Crippen LogP contribution in [0.5, 0.6) is 0 Å². The highest BCUT2D eigenvalue weighted by Crippen LogP contribution is 2.67. The van der Waals surface area contributed by atoms with Gasteiger partial charge in [0.15, 0.2) is 0 Å².